The Kier molecular flexibility index (Phi) is 2.68. The molecule has 1 fully saturated rings. The Labute approximate surface area is 87.2 Å². The Hall–Kier alpha value is -1.43. The third-order valence-electron chi connectivity index (χ3n) is 2.50. The summed E-state index contributed by atoms with van der Waals surface area (Å²) in [4.78, 5) is 14.7. The smallest absolute Gasteiger partial charge is 0.240 e. The zero-order valence-corrected chi connectivity index (χ0v) is 8.56. The van der Waals surface area contributed by atoms with E-state index < -0.39 is 5.91 Å². The normalized spacial score (nSPS) is 24.1. The van der Waals surface area contributed by atoms with Crippen molar-refractivity contribution in [2.24, 2.45) is 11.7 Å². The molecule has 2 atom stereocenters. The summed E-state index contributed by atoms with van der Waals surface area (Å²) in [6.07, 6.45) is 1.13. The Morgan fingerprint density at radius 3 is 3.07 bits per heavy atom. The van der Waals surface area contributed by atoms with Gasteiger partial charge in [0.25, 0.3) is 0 Å². The summed E-state index contributed by atoms with van der Waals surface area (Å²) in [5, 5.41) is 6.70. The van der Waals surface area contributed by atoms with Crippen molar-refractivity contribution < 1.29 is 9.32 Å². The van der Waals surface area contributed by atoms with Gasteiger partial charge in [0.15, 0.2) is 5.82 Å². The number of carbonyl (C=O) groups excluding carboxylic acids is 1. The van der Waals surface area contributed by atoms with Crippen molar-refractivity contribution in [1.82, 2.24) is 15.5 Å². The number of nitrogens with zero attached hydrogens (tertiary/aromatic N) is 2. The maximum Gasteiger partial charge on any atom is 0.240 e. The first-order valence-corrected chi connectivity index (χ1v) is 4.98. The van der Waals surface area contributed by atoms with Crippen LogP contribution < -0.4 is 11.1 Å². The number of hydrogen-bond acceptors (Lipinski definition) is 5. The van der Waals surface area contributed by atoms with Gasteiger partial charge in [0, 0.05) is 5.92 Å². The highest BCUT2D eigenvalue weighted by Gasteiger charge is 2.37. The van der Waals surface area contributed by atoms with Gasteiger partial charge < -0.3 is 10.3 Å². The van der Waals surface area contributed by atoms with Gasteiger partial charge in [-0.2, -0.15) is 4.98 Å². The van der Waals surface area contributed by atoms with E-state index in [1.165, 1.54) is 0 Å². The Morgan fingerprint density at radius 1 is 1.73 bits per heavy atom. The predicted octanol–water partition coefficient (Wildman–Crippen LogP) is -0.232. The van der Waals surface area contributed by atoms with Gasteiger partial charge >= 0.3 is 0 Å². The summed E-state index contributed by atoms with van der Waals surface area (Å²) in [5.41, 5.74) is 4.97. The molecule has 1 aliphatic rings. The fourth-order valence-electron chi connectivity index (χ4n) is 1.46. The van der Waals surface area contributed by atoms with Gasteiger partial charge in [0.1, 0.15) is 0 Å². The van der Waals surface area contributed by atoms with Crippen molar-refractivity contribution in [3.05, 3.63) is 11.7 Å². The zero-order valence-electron chi connectivity index (χ0n) is 8.56. The van der Waals surface area contributed by atoms with Crippen LogP contribution in [0, 0.1) is 5.92 Å². The maximum absolute atomic E-state index is 10.4. The van der Waals surface area contributed by atoms with Crippen LogP contribution in [0.25, 0.3) is 0 Å². The van der Waals surface area contributed by atoms with Crippen molar-refractivity contribution in [2.75, 3.05) is 6.54 Å². The van der Waals surface area contributed by atoms with E-state index in [0.717, 1.165) is 12.2 Å². The molecule has 0 bridgehead atoms. The summed E-state index contributed by atoms with van der Waals surface area (Å²) in [7, 11) is 0. The average Bonchev–Trinajstić information content (AvgIpc) is 2.73. The first-order chi connectivity index (χ1) is 7.16. The molecule has 1 aromatic heterocycles. The Balaban J connectivity index is 1.82. The second-order valence-corrected chi connectivity index (χ2v) is 3.94. The van der Waals surface area contributed by atoms with Gasteiger partial charge in [-0.15, -0.1) is 0 Å². The highest BCUT2D eigenvalue weighted by atomic mass is 16.5. The van der Waals surface area contributed by atoms with E-state index in [4.69, 9.17) is 10.3 Å². The second kappa shape index (κ2) is 3.98. The SMILES string of the molecule is CC1CC1c1noc(CNCC(N)=O)n1. The molecule has 1 saturated carbocycles. The van der Waals surface area contributed by atoms with Gasteiger partial charge in [-0.3, -0.25) is 10.1 Å². The molecular formula is C9H14N4O2. The molecule has 0 aliphatic heterocycles. The van der Waals surface area contributed by atoms with Crippen molar-refractivity contribution in [3.8, 4) is 0 Å². The largest absolute Gasteiger partial charge is 0.369 e. The quantitative estimate of drug-likeness (QED) is 0.700. The fourth-order valence-corrected chi connectivity index (χ4v) is 1.46. The number of aromatic nitrogens is 2. The lowest BCUT2D eigenvalue weighted by Gasteiger charge is -1.95. The van der Waals surface area contributed by atoms with Crippen LogP contribution in [0.1, 0.15) is 31.0 Å². The minimum absolute atomic E-state index is 0.123. The monoisotopic (exact) mass is 210 g/mol. The highest BCUT2D eigenvalue weighted by molar-refractivity contribution is 5.75. The number of hydrogen-bond donors (Lipinski definition) is 2. The lowest BCUT2D eigenvalue weighted by Crippen LogP contribution is -2.28. The van der Waals surface area contributed by atoms with Gasteiger partial charge in [-0.25, -0.2) is 0 Å². The van der Waals surface area contributed by atoms with E-state index in [1.54, 1.807) is 0 Å². The standard InChI is InChI=1S/C9H14N4O2/c1-5-2-6(5)9-12-8(15-13-9)4-11-3-7(10)14/h5-6,11H,2-4H2,1H3,(H2,10,14). The summed E-state index contributed by atoms with van der Waals surface area (Å²) in [6, 6.07) is 0. The van der Waals surface area contributed by atoms with E-state index >= 15 is 0 Å². The molecule has 1 heterocycles. The molecule has 1 aliphatic carbocycles. The zero-order chi connectivity index (χ0) is 10.8. The minimum Gasteiger partial charge on any atom is -0.369 e. The van der Waals surface area contributed by atoms with Crippen LogP contribution in [0.3, 0.4) is 0 Å². The van der Waals surface area contributed by atoms with Gasteiger partial charge in [-0.05, 0) is 12.3 Å². The van der Waals surface area contributed by atoms with E-state index in [1.807, 2.05) is 0 Å². The number of rotatable bonds is 5. The van der Waals surface area contributed by atoms with Crippen LogP contribution in [0.4, 0.5) is 0 Å². The summed E-state index contributed by atoms with van der Waals surface area (Å²) in [6.45, 7) is 2.67. The van der Waals surface area contributed by atoms with E-state index in [-0.39, 0.29) is 6.54 Å². The third-order valence-corrected chi connectivity index (χ3v) is 2.50. The third kappa shape index (κ3) is 2.53. The second-order valence-electron chi connectivity index (χ2n) is 3.94. The van der Waals surface area contributed by atoms with Crippen LogP contribution >= 0.6 is 0 Å². The molecule has 0 saturated heterocycles. The highest BCUT2D eigenvalue weighted by Crippen LogP contribution is 2.45. The molecule has 15 heavy (non-hydrogen) atoms. The number of nitrogens with two attached hydrogens (primary N) is 1. The van der Waals surface area contributed by atoms with Crippen LogP contribution in [0.2, 0.25) is 0 Å². The molecule has 0 radical (unpaired) electrons. The van der Waals surface area contributed by atoms with E-state index in [9.17, 15) is 4.79 Å². The molecule has 0 spiro atoms. The minimum atomic E-state index is -0.398. The topological polar surface area (TPSA) is 94.0 Å². The Morgan fingerprint density at radius 2 is 2.47 bits per heavy atom. The average molecular weight is 210 g/mol. The van der Waals surface area contributed by atoms with Crippen molar-refractivity contribution >= 4 is 5.91 Å². The van der Waals surface area contributed by atoms with Crippen LogP contribution in [0.15, 0.2) is 4.52 Å². The molecule has 1 aromatic rings. The maximum atomic E-state index is 10.4. The van der Waals surface area contributed by atoms with E-state index in [0.29, 0.717) is 24.3 Å². The number of carbonyl (C=O) groups is 1. The first-order valence-electron chi connectivity index (χ1n) is 4.98. The molecule has 2 unspecified atom stereocenters. The summed E-state index contributed by atoms with van der Waals surface area (Å²) in [5.74, 6) is 2.00. The number of primary amides is 1. The van der Waals surface area contributed by atoms with Gasteiger partial charge in [0.05, 0.1) is 13.1 Å². The molecular weight excluding hydrogens is 196 g/mol. The molecule has 3 N–H and O–H groups in total. The lowest BCUT2D eigenvalue weighted by atomic mass is 10.3. The van der Waals surface area contributed by atoms with Crippen LogP contribution in [-0.4, -0.2) is 22.6 Å². The van der Waals surface area contributed by atoms with E-state index in [2.05, 4.69) is 22.4 Å². The van der Waals surface area contributed by atoms with Gasteiger partial charge in [0.2, 0.25) is 11.8 Å². The van der Waals surface area contributed by atoms with Gasteiger partial charge in [-0.1, -0.05) is 12.1 Å². The van der Waals surface area contributed by atoms with Crippen molar-refractivity contribution in [2.45, 2.75) is 25.8 Å². The lowest BCUT2D eigenvalue weighted by molar-refractivity contribution is -0.117. The molecule has 1 amide bonds. The molecule has 82 valence electrons. The first kappa shape index (κ1) is 10.1. The Bertz CT molecular complexity index is 363. The van der Waals surface area contributed by atoms with Crippen molar-refractivity contribution in [1.29, 1.82) is 0 Å². The molecule has 6 heteroatoms. The summed E-state index contributed by atoms with van der Waals surface area (Å²) < 4.78 is 5.02. The van der Waals surface area contributed by atoms with Crippen molar-refractivity contribution in [3.63, 3.8) is 0 Å². The number of nitrogens with one attached hydrogen (secondary N) is 1. The number of amides is 1. The fraction of sp³-hybridized carbons (Fsp3) is 0.667. The molecule has 2 rings (SSSR count). The predicted molar refractivity (Wildman–Crippen MR) is 51.7 cm³/mol. The summed E-state index contributed by atoms with van der Waals surface area (Å²) >= 11 is 0. The van der Waals surface area contributed by atoms with Crippen LogP contribution in [0.5, 0.6) is 0 Å². The molecule has 0 aromatic carbocycles. The molecule has 6 nitrogen and oxygen atoms in total. The van der Waals surface area contributed by atoms with Crippen LogP contribution in [-0.2, 0) is 11.3 Å².